The number of fused-ring (bicyclic) bond motifs is 1. The van der Waals surface area contributed by atoms with Gasteiger partial charge in [-0.2, -0.15) is 11.8 Å². The summed E-state index contributed by atoms with van der Waals surface area (Å²) in [6.45, 7) is 2.88. The van der Waals surface area contributed by atoms with Crippen LogP contribution in [0.4, 0.5) is 0 Å². The first-order valence-corrected chi connectivity index (χ1v) is 8.13. The Morgan fingerprint density at radius 1 is 1.50 bits per heavy atom. The van der Waals surface area contributed by atoms with Crippen molar-refractivity contribution < 1.29 is 4.74 Å². The SMILES string of the molecule is CSCC(C)NC1CCOc2c(Cl)cc(Cl)cc21. The van der Waals surface area contributed by atoms with Gasteiger partial charge in [-0.25, -0.2) is 0 Å². The molecular formula is C13H17Cl2NOS. The van der Waals surface area contributed by atoms with Gasteiger partial charge in [-0.1, -0.05) is 23.2 Å². The first kappa shape index (κ1) is 14.3. The van der Waals surface area contributed by atoms with Gasteiger partial charge in [-0.3, -0.25) is 0 Å². The Balaban J connectivity index is 2.22. The van der Waals surface area contributed by atoms with Gasteiger partial charge in [0.15, 0.2) is 0 Å². The topological polar surface area (TPSA) is 21.3 Å². The summed E-state index contributed by atoms with van der Waals surface area (Å²) in [5, 5.41) is 4.87. The predicted molar refractivity (Wildman–Crippen MR) is 80.3 cm³/mol. The van der Waals surface area contributed by atoms with Crippen LogP contribution in [0, 0.1) is 0 Å². The monoisotopic (exact) mass is 305 g/mol. The lowest BCUT2D eigenvalue weighted by molar-refractivity contribution is 0.248. The van der Waals surface area contributed by atoms with Crippen LogP contribution in [0.25, 0.3) is 0 Å². The van der Waals surface area contributed by atoms with E-state index in [1.165, 1.54) is 0 Å². The van der Waals surface area contributed by atoms with Crippen LogP contribution in [0.1, 0.15) is 24.9 Å². The van der Waals surface area contributed by atoms with E-state index in [0.29, 0.717) is 22.7 Å². The van der Waals surface area contributed by atoms with Crippen molar-refractivity contribution in [2.45, 2.75) is 25.4 Å². The molecule has 5 heteroatoms. The minimum atomic E-state index is 0.270. The van der Waals surface area contributed by atoms with Gasteiger partial charge < -0.3 is 10.1 Å². The summed E-state index contributed by atoms with van der Waals surface area (Å²) < 4.78 is 5.65. The van der Waals surface area contributed by atoms with Crippen molar-refractivity contribution >= 4 is 35.0 Å². The molecule has 0 aromatic heterocycles. The number of benzene rings is 1. The molecule has 1 aromatic carbocycles. The maximum absolute atomic E-state index is 6.17. The van der Waals surface area contributed by atoms with Crippen LogP contribution in [-0.2, 0) is 0 Å². The second kappa shape index (κ2) is 6.38. The van der Waals surface area contributed by atoms with E-state index >= 15 is 0 Å². The number of hydrogen-bond acceptors (Lipinski definition) is 3. The Kier molecular flexibility index (Phi) is 5.07. The number of ether oxygens (including phenoxy) is 1. The lowest BCUT2D eigenvalue weighted by Gasteiger charge is -2.30. The Morgan fingerprint density at radius 2 is 2.28 bits per heavy atom. The van der Waals surface area contributed by atoms with E-state index in [1.807, 2.05) is 17.8 Å². The third-order valence-electron chi connectivity index (χ3n) is 2.97. The average Bonchev–Trinajstić information content (AvgIpc) is 2.30. The van der Waals surface area contributed by atoms with E-state index in [-0.39, 0.29) is 6.04 Å². The second-order valence-electron chi connectivity index (χ2n) is 4.52. The first-order valence-electron chi connectivity index (χ1n) is 5.98. The van der Waals surface area contributed by atoms with Crippen LogP contribution < -0.4 is 10.1 Å². The van der Waals surface area contributed by atoms with Gasteiger partial charge in [-0.05, 0) is 25.3 Å². The summed E-state index contributed by atoms with van der Waals surface area (Å²) >= 11 is 14.1. The van der Waals surface area contributed by atoms with Gasteiger partial charge in [0.25, 0.3) is 0 Å². The molecule has 0 saturated heterocycles. The molecule has 100 valence electrons. The highest BCUT2D eigenvalue weighted by molar-refractivity contribution is 7.98. The third kappa shape index (κ3) is 3.27. The normalized spacial score (nSPS) is 20.1. The molecule has 0 radical (unpaired) electrons. The Hall–Kier alpha value is -0.0900. The van der Waals surface area contributed by atoms with E-state index in [1.54, 1.807) is 6.07 Å². The van der Waals surface area contributed by atoms with Crippen molar-refractivity contribution in [3.63, 3.8) is 0 Å². The van der Waals surface area contributed by atoms with Crippen LogP contribution >= 0.6 is 35.0 Å². The first-order chi connectivity index (χ1) is 8.61. The van der Waals surface area contributed by atoms with Crippen LogP contribution in [0.2, 0.25) is 10.0 Å². The number of hydrogen-bond donors (Lipinski definition) is 1. The quantitative estimate of drug-likeness (QED) is 0.902. The molecule has 1 heterocycles. The molecule has 2 unspecified atom stereocenters. The number of thioether (sulfide) groups is 1. The molecule has 18 heavy (non-hydrogen) atoms. The van der Waals surface area contributed by atoms with Crippen molar-refractivity contribution in [3.05, 3.63) is 27.7 Å². The van der Waals surface area contributed by atoms with Crippen LogP contribution in [0.5, 0.6) is 5.75 Å². The zero-order chi connectivity index (χ0) is 13.1. The Labute approximate surface area is 122 Å². The summed E-state index contributed by atoms with van der Waals surface area (Å²) in [4.78, 5) is 0. The van der Waals surface area contributed by atoms with E-state index in [9.17, 15) is 0 Å². The minimum absolute atomic E-state index is 0.270. The van der Waals surface area contributed by atoms with Gasteiger partial charge in [-0.15, -0.1) is 0 Å². The van der Waals surface area contributed by atoms with E-state index in [2.05, 4.69) is 18.5 Å². The fourth-order valence-electron chi connectivity index (χ4n) is 2.24. The zero-order valence-corrected chi connectivity index (χ0v) is 12.8. The summed E-state index contributed by atoms with van der Waals surface area (Å²) in [5.74, 6) is 1.86. The van der Waals surface area contributed by atoms with Gasteiger partial charge in [0.1, 0.15) is 5.75 Å². The molecule has 0 bridgehead atoms. The lowest BCUT2D eigenvalue weighted by Crippen LogP contribution is -2.35. The van der Waals surface area contributed by atoms with E-state index in [4.69, 9.17) is 27.9 Å². The molecule has 0 amide bonds. The van der Waals surface area contributed by atoms with Crippen molar-refractivity contribution in [2.24, 2.45) is 0 Å². The van der Waals surface area contributed by atoms with E-state index in [0.717, 1.165) is 23.5 Å². The number of rotatable bonds is 4. The Bertz CT molecular complexity index is 428. The largest absolute Gasteiger partial charge is 0.492 e. The number of halogens is 2. The molecule has 0 aliphatic carbocycles. The molecule has 0 spiro atoms. The van der Waals surface area contributed by atoms with Crippen molar-refractivity contribution in [1.29, 1.82) is 0 Å². The van der Waals surface area contributed by atoms with Gasteiger partial charge >= 0.3 is 0 Å². The molecule has 1 aromatic rings. The fraction of sp³-hybridized carbons (Fsp3) is 0.538. The highest BCUT2D eigenvalue weighted by Gasteiger charge is 2.25. The summed E-state index contributed by atoms with van der Waals surface area (Å²) in [5.41, 5.74) is 1.08. The predicted octanol–water partition coefficient (Wildman–Crippen LogP) is 4.16. The maximum Gasteiger partial charge on any atom is 0.142 e. The van der Waals surface area contributed by atoms with Crippen LogP contribution in [0.15, 0.2) is 12.1 Å². The average molecular weight is 306 g/mol. The fourth-order valence-corrected chi connectivity index (χ4v) is 3.40. The summed E-state index contributed by atoms with van der Waals surface area (Å²) in [7, 11) is 0. The molecule has 1 aliphatic heterocycles. The standard InChI is InChI=1S/C13H17Cl2NOS/c1-8(7-18-2)16-12-3-4-17-13-10(12)5-9(14)6-11(13)15/h5-6,8,12,16H,3-4,7H2,1-2H3. The third-order valence-corrected chi connectivity index (χ3v) is 4.30. The highest BCUT2D eigenvalue weighted by Crippen LogP contribution is 2.40. The summed E-state index contributed by atoms with van der Waals surface area (Å²) in [6, 6.07) is 4.40. The minimum Gasteiger partial charge on any atom is -0.492 e. The second-order valence-corrected chi connectivity index (χ2v) is 6.27. The highest BCUT2D eigenvalue weighted by atomic mass is 35.5. The molecule has 1 N–H and O–H groups in total. The summed E-state index contributed by atoms with van der Waals surface area (Å²) in [6.07, 6.45) is 3.06. The van der Waals surface area contributed by atoms with Gasteiger partial charge in [0.2, 0.25) is 0 Å². The van der Waals surface area contributed by atoms with E-state index < -0.39 is 0 Å². The van der Waals surface area contributed by atoms with Crippen molar-refractivity contribution in [2.75, 3.05) is 18.6 Å². The zero-order valence-electron chi connectivity index (χ0n) is 10.5. The Morgan fingerprint density at radius 3 is 3.00 bits per heavy atom. The maximum atomic E-state index is 6.17. The molecule has 2 nitrogen and oxygen atoms in total. The van der Waals surface area contributed by atoms with Crippen LogP contribution in [-0.4, -0.2) is 24.7 Å². The molecule has 0 saturated carbocycles. The van der Waals surface area contributed by atoms with Crippen LogP contribution in [0.3, 0.4) is 0 Å². The number of nitrogens with one attached hydrogen (secondary N) is 1. The molecule has 2 rings (SSSR count). The molecular weight excluding hydrogens is 289 g/mol. The lowest BCUT2D eigenvalue weighted by atomic mass is 10.00. The molecule has 2 atom stereocenters. The smallest absolute Gasteiger partial charge is 0.142 e. The van der Waals surface area contributed by atoms with Crippen molar-refractivity contribution in [3.8, 4) is 5.75 Å². The van der Waals surface area contributed by atoms with Crippen molar-refractivity contribution in [1.82, 2.24) is 5.32 Å². The van der Waals surface area contributed by atoms with Gasteiger partial charge in [0.05, 0.1) is 11.6 Å². The van der Waals surface area contributed by atoms with Gasteiger partial charge in [0, 0.05) is 34.8 Å². The molecule has 1 aliphatic rings. The molecule has 0 fully saturated rings.